The molecule has 1 rings (SSSR count). The molecule has 1 aliphatic heterocycles. The van der Waals surface area contributed by atoms with E-state index in [-0.39, 0.29) is 19.6 Å². The summed E-state index contributed by atoms with van der Waals surface area (Å²) >= 11 is 0. The number of halogens is 5. The van der Waals surface area contributed by atoms with Gasteiger partial charge in [0.15, 0.2) is 0 Å². The molecule has 0 aromatic carbocycles. The first kappa shape index (κ1) is 15.1. The molecule has 1 fully saturated rings. The highest BCUT2D eigenvalue weighted by Crippen LogP contribution is 2.37. The Morgan fingerprint density at radius 1 is 1.33 bits per heavy atom. The fourth-order valence-electron chi connectivity index (χ4n) is 1.73. The van der Waals surface area contributed by atoms with Crippen molar-refractivity contribution in [1.82, 2.24) is 4.90 Å². The first-order valence-corrected chi connectivity index (χ1v) is 5.48. The molecule has 106 valence electrons. The molecule has 0 aliphatic carbocycles. The van der Waals surface area contributed by atoms with E-state index in [1.807, 2.05) is 0 Å². The molecular formula is C10H14F5NO2. The van der Waals surface area contributed by atoms with Crippen LogP contribution in [-0.2, 0) is 9.53 Å². The van der Waals surface area contributed by atoms with Crippen molar-refractivity contribution in [2.45, 2.75) is 44.5 Å². The van der Waals surface area contributed by atoms with Gasteiger partial charge < -0.3 is 9.64 Å². The molecule has 2 unspecified atom stereocenters. The van der Waals surface area contributed by atoms with Crippen LogP contribution in [0, 0.1) is 0 Å². The van der Waals surface area contributed by atoms with Gasteiger partial charge in [-0.2, -0.15) is 22.0 Å². The van der Waals surface area contributed by atoms with Crippen LogP contribution in [0.15, 0.2) is 0 Å². The van der Waals surface area contributed by atoms with E-state index < -0.39 is 30.2 Å². The van der Waals surface area contributed by atoms with Crippen molar-refractivity contribution in [3.63, 3.8) is 0 Å². The molecule has 0 saturated carbocycles. The molecule has 1 aliphatic rings. The molecule has 0 N–H and O–H groups in total. The lowest BCUT2D eigenvalue weighted by Crippen LogP contribution is -2.59. The number of hydrogen-bond acceptors (Lipinski definition) is 2. The SMILES string of the molecule is CCC1COC(C)CN1C(=O)C(F)(F)C(F)(F)F. The Morgan fingerprint density at radius 3 is 2.33 bits per heavy atom. The maximum atomic E-state index is 13.0. The predicted molar refractivity (Wildman–Crippen MR) is 52.2 cm³/mol. The van der Waals surface area contributed by atoms with Crippen LogP contribution in [-0.4, -0.2) is 48.2 Å². The average molecular weight is 275 g/mol. The second-order valence-electron chi connectivity index (χ2n) is 4.24. The second-order valence-corrected chi connectivity index (χ2v) is 4.24. The second kappa shape index (κ2) is 4.99. The third kappa shape index (κ3) is 2.73. The van der Waals surface area contributed by atoms with Gasteiger partial charge in [-0.1, -0.05) is 6.92 Å². The summed E-state index contributed by atoms with van der Waals surface area (Å²) in [4.78, 5) is 12.0. The van der Waals surface area contributed by atoms with E-state index in [9.17, 15) is 26.7 Å². The van der Waals surface area contributed by atoms with Crippen molar-refractivity contribution in [3.8, 4) is 0 Å². The lowest BCUT2D eigenvalue weighted by atomic mass is 10.1. The number of carbonyl (C=O) groups excluding carboxylic acids is 1. The van der Waals surface area contributed by atoms with Crippen molar-refractivity contribution < 1.29 is 31.5 Å². The molecule has 0 aromatic heterocycles. The fraction of sp³-hybridized carbons (Fsp3) is 0.900. The first-order valence-electron chi connectivity index (χ1n) is 5.48. The molecule has 1 amide bonds. The van der Waals surface area contributed by atoms with Gasteiger partial charge in [-0.3, -0.25) is 4.79 Å². The molecule has 0 radical (unpaired) electrons. The number of amides is 1. The Bertz CT molecular complexity index is 318. The summed E-state index contributed by atoms with van der Waals surface area (Å²) in [6.45, 7) is 2.81. The Labute approximate surface area is 101 Å². The summed E-state index contributed by atoms with van der Waals surface area (Å²) in [5.41, 5.74) is 0. The standard InChI is InChI=1S/C10H14F5NO2/c1-3-7-5-18-6(2)4-16(7)8(17)9(11,12)10(13,14)15/h6-7H,3-5H2,1-2H3. The van der Waals surface area contributed by atoms with E-state index in [4.69, 9.17) is 4.74 Å². The minimum Gasteiger partial charge on any atom is -0.375 e. The van der Waals surface area contributed by atoms with Gasteiger partial charge in [0.05, 0.1) is 18.8 Å². The van der Waals surface area contributed by atoms with Crippen LogP contribution in [0.2, 0.25) is 0 Å². The third-order valence-corrected chi connectivity index (χ3v) is 2.82. The Morgan fingerprint density at radius 2 is 1.89 bits per heavy atom. The summed E-state index contributed by atoms with van der Waals surface area (Å²) < 4.78 is 67.5. The number of carbonyl (C=O) groups is 1. The fourth-order valence-corrected chi connectivity index (χ4v) is 1.73. The summed E-state index contributed by atoms with van der Waals surface area (Å²) in [5.74, 6) is -7.55. The molecule has 3 nitrogen and oxygen atoms in total. The lowest BCUT2D eigenvalue weighted by molar-refractivity contribution is -0.277. The monoisotopic (exact) mass is 275 g/mol. The first-order chi connectivity index (χ1) is 8.11. The number of nitrogens with zero attached hydrogens (tertiary/aromatic N) is 1. The number of ether oxygens (including phenoxy) is 1. The van der Waals surface area contributed by atoms with E-state index in [0.29, 0.717) is 4.90 Å². The van der Waals surface area contributed by atoms with Crippen LogP contribution in [0.1, 0.15) is 20.3 Å². The van der Waals surface area contributed by atoms with E-state index in [0.717, 1.165) is 0 Å². The van der Waals surface area contributed by atoms with Gasteiger partial charge in [-0.05, 0) is 13.3 Å². The van der Waals surface area contributed by atoms with E-state index in [1.165, 1.54) is 6.92 Å². The topological polar surface area (TPSA) is 29.5 Å². The zero-order valence-corrected chi connectivity index (χ0v) is 9.93. The van der Waals surface area contributed by atoms with Crippen LogP contribution < -0.4 is 0 Å². The van der Waals surface area contributed by atoms with Crippen LogP contribution in [0.4, 0.5) is 22.0 Å². The van der Waals surface area contributed by atoms with Gasteiger partial charge >= 0.3 is 18.0 Å². The van der Waals surface area contributed by atoms with Crippen LogP contribution in [0.3, 0.4) is 0 Å². The van der Waals surface area contributed by atoms with Gasteiger partial charge in [0, 0.05) is 6.54 Å². The van der Waals surface area contributed by atoms with Gasteiger partial charge in [0.25, 0.3) is 0 Å². The van der Waals surface area contributed by atoms with Crippen LogP contribution in [0.5, 0.6) is 0 Å². The third-order valence-electron chi connectivity index (χ3n) is 2.82. The van der Waals surface area contributed by atoms with Gasteiger partial charge in [-0.25, -0.2) is 0 Å². The summed E-state index contributed by atoms with van der Waals surface area (Å²) in [7, 11) is 0. The maximum Gasteiger partial charge on any atom is 0.463 e. The van der Waals surface area contributed by atoms with Crippen molar-refractivity contribution in [2.24, 2.45) is 0 Å². The summed E-state index contributed by atoms with van der Waals surface area (Å²) in [6, 6.07) is -0.748. The van der Waals surface area contributed by atoms with Crippen molar-refractivity contribution in [2.75, 3.05) is 13.2 Å². The Balaban J connectivity index is 2.93. The number of rotatable bonds is 2. The van der Waals surface area contributed by atoms with E-state index in [2.05, 4.69) is 0 Å². The van der Waals surface area contributed by atoms with Crippen LogP contribution in [0.25, 0.3) is 0 Å². The summed E-state index contributed by atoms with van der Waals surface area (Å²) in [5, 5.41) is 0. The van der Waals surface area contributed by atoms with Gasteiger partial charge in [-0.15, -0.1) is 0 Å². The number of alkyl halides is 5. The minimum atomic E-state index is -5.87. The molecule has 2 atom stereocenters. The van der Waals surface area contributed by atoms with E-state index >= 15 is 0 Å². The minimum absolute atomic E-state index is 0.0304. The molecule has 0 bridgehead atoms. The van der Waals surface area contributed by atoms with Gasteiger partial charge in [0.1, 0.15) is 0 Å². The molecule has 18 heavy (non-hydrogen) atoms. The van der Waals surface area contributed by atoms with E-state index in [1.54, 1.807) is 6.92 Å². The smallest absolute Gasteiger partial charge is 0.375 e. The molecule has 0 spiro atoms. The molecular weight excluding hydrogens is 261 g/mol. The Kier molecular flexibility index (Phi) is 4.19. The quantitative estimate of drug-likeness (QED) is 0.723. The average Bonchev–Trinajstić information content (AvgIpc) is 2.26. The zero-order valence-electron chi connectivity index (χ0n) is 9.93. The molecule has 0 aromatic rings. The number of hydrogen-bond donors (Lipinski definition) is 0. The van der Waals surface area contributed by atoms with Crippen molar-refractivity contribution >= 4 is 5.91 Å². The normalized spacial score (nSPS) is 26.3. The largest absolute Gasteiger partial charge is 0.463 e. The van der Waals surface area contributed by atoms with Crippen LogP contribution >= 0.6 is 0 Å². The highest BCUT2D eigenvalue weighted by molar-refractivity contribution is 5.84. The number of morpholine rings is 1. The molecule has 8 heteroatoms. The lowest BCUT2D eigenvalue weighted by Gasteiger charge is -2.39. The highest BCUT2D eigenvalue weighted by atomic mass is 19.4. The zero-order chi connectivity index (χ0) is 14.1. The van der Waals surface area contributed by atoms with Gasteiger partial charge in [0.2, 0.25) is 0 Å². The van der Waals surface area contributed by atoms with Crippen molar-refractivity contribution in [1.29, 1.82) is 0 Å². The highest BCUT2D eigenvalue weighted by Gasteiger charge is 2.65. The molecule has 1 saturated heterocycles. The predicted octanol–water partition coefficient (Wildman–Crippen LogP) is 2.21. The van der Waals surface area contributed by atoms with Crippen molar-refractivity contribution in [3.05, 3.63) is 0 Å². The Hall–Kier alpha value is -0.920. The maximum absolute atomic E-state index is 13.0. The summed E-state index contributed by atoms with van der Waals surface area (Å²) in [6.07, 6.45) is -6.17. The molecule has 1 heterocycles.